The molecular weight excluding hydrogens is 310 g/mol. The topological polar surface area (TPSA) is 95.8 Å². The van der Waals surface area contributed by atoms with Crippen LogP contribution in [0.25, 0.3) is 5.69 Å². The van der Waals surface area contributed by atoms with Crippen LogP contribution in [0.15, 0.2) is 59.4 Å². The Morgan fingerprint density at radius 3 is 2.38 bits per heavy atom. The fraction of sp³-hybridized carbons (Fsp3) is 0.188. The van der Waals surface area contributed by atoms with Crippen LogP contribution in [-0.2, 0) is 13.0 Å². The standard InChI is InChI=1S/C16H15N5O3/c22-16-19(12-4-7-13-5-2-1-3-6-13)17-18-20(16)14-8-10-15(11-9-14)21(23)24/h1-3,5-6,8-11H,4,7,12H2. The summed E-state index contributed by atoms with van der Waals surface area (Å²) in [7, 11) is 0. The third-order valence-electron chi connectivity index (χ3n) is 3.62. The van der Waals surface area contributed by atoms with Crippen molar-refractivity contribution in [3.63, 3.8) is 0 Å². The molecule has 3 rings (SSSR count). The molecule has 0 spiro atoms. The Balaban J connectivity index is 1.69. The second-order valence-electron chi connectivity index (χ2n) is 5.26. The number of rotatable bonds is 6. The molecule has 8 nitrogen and oxygen atoms in total. The van der Waals surface area contributed by atoms with E-state index in [1.54, 1.807) is 0 Å². The van der Waals surface area contributed by atoms with Crippen LogP contribution in [0.5, 0.6) is 0 Å². The van der Waals surface area contributed by atoms with E-state index in [-0.39, 0.29) is 11.4 Å². The summed E-state index contributed by atoms with van der Waals surface area (Å²) in [5.74, 6) is 0. The van der Waals surface area contributed by atoms with Gasteiger partial charge in [-0.05, 0) is 41.0 Å². The first kappa shape index (κ1) is 15.6. The SMILES string of the molecule is O=c1n(CCCc2ccccc2)nnn1-c1ccc([N+](=O)[O-])cc1. The van der Waals surface area contributed by atoms with Crippen LogP contribution in [0.1, 0.15) is 12.0 Å². The summed E-state index contributed by atoms with van der Waals surface area (Å²) < 4.78 is 2.43. The van der Waals surface area contributed by atoms with Gasteiger partial charge in [-0.15, -0.1) is 0 Å². The van der Waals surface area contributed by atoms with Gasteiger partial charge in [-0.25, -0.2) is 4.79 Å². The molecule has 8 heteroatoms. The zero-order valence-electron chi connectivity index (χ0n) is 12.8. The molecule has 0 fully saturated rings. The largest absolute Gasteiger partial charge is 0.368 e. The van der Waals surface area contributed by atoms with E-state index in [4.69, 9.17) is 0 Å². The van der Waals surface area contributed by atoms with Crippen molar-refractivity contribution in [1.82, 2.24) is 19.8 Å². The average molecular weight is 325 g/mol. The average Bonchev–Trinajstić information content (AvgIpc) is 2.97. The predicted octanol–water partition coefficient (Wildman–Crippen LogP) is 1.97. The van der Waals surface area contributed by atoms with Gasteiger partial charge < -0.3 is 0 Å². The summed E-state index contributed by atoms with van der Waals surface area (Å²) >= 11 is 0. The van der Waals surface area contributed by atoms with Crippen LogP contribution in [0.2, 0.25) is 0 Å². The number of tetrazole rings is 1. The summed E-state index contributed by atoms with van der Waals surface area (Å²) in [6.45, 7) is 0.459. The number of nitro groups is 1. The van der Waals surface area contributed by atoms with Crippen LogP contribution in [0.3, 0.4) is 0 Å². The van der Waals surface area contributed by atoms with Crippen molar-refractivity contribution in [3.8, 4) is 5.69 Å². The molecule has 24 heavy (non-hydrogen) atoms. The zero-order valence-corrected chi connectivity index (χ0v) is 12.8. The van der Waals surface area contributed by atoms with Gasteiger partial charge in [0.2, 0.25) is 0 Å². The van der Waals surface area contributed by atoms with E-state index in [9.17, 15) is 14.9 Å². The molecule has 3 aromatic rings. The summed E-state index contributed by atoms with van der Waals surface area (Å²) in [6, 6.07) is 15.6. The van der Waals surface area contributed by atoms with Gasteiger partial charge in [-0.3, -0.25) is 10.1 Å². The lowest BCUT2D eigenvalue weighted by Gasteiger charge is -2.00. The first-order chi connectivity index (χ1) is 11.6. The third-order valence-corrected chi connectivity index (χ3v) is 3.62. The summed E-state index contributed by atoms with van der Waals surface area (Å²) in [6.07, 6.45) is 1.61. The van der Waals surface area contributed by atoms with Gasteiger partial charge >= 0.3 is 5.69 Å². The maximum atomic E-state index is 12.3. The van der Waals surface area contributed by atoms with Crippen molar-refractivity contribution >= 4 is 5.69 Å². The lowest BCUT2D eigenvalue weighted by molar-refractivity contribution is -0.384. The minimum Gasteiger partial charge on any atom is -0.258 e. The lowest BCUT2D eigenvalue weighted by atomic mass is 10.1. The first-order valence-electron chi connectivity index (χ1n) is 7.47. The lowest BCUT2D eigenvalue weighted by Crippen LogP contribution is -2.24. The number of hydrogen-bond donors (Lipinski definition) is 0. The number of nitro benzene ring substituents is 1. The van der Waals surface area contributed by atoms with Crippen molar-refractivity contribution in [3.05, 3.63) is 80.8 Å². The highest BCUT2D eigenvalue weighted by Gasteiger charge is 2.10. The number of hydrogen-bond acceptors (Lipinski definition) is 5. The number of benzene rings is 2. The van der Waals surface area contributed by atoms with Crippen molar-refractivity contribution in [2.75, 3.05) is 0 Å². The Morgan fingerprint density at radius 2 is 1.71 bits per heavy atom. The van der Waals surface area contributed by atoms with Crippen LogP contribution in [0, 0.1) is 10.1 Å². The van der Waals surface area contributed by atoms with E-state index in [1.807, 2.05) is 30.3 Å². The van der Waals surface area contributed by atoms with E-state index in [0.717, 1.165) is 17.5 Å². The van der Waals surface area contributed by atoms with Gasteiger partial charge in [0, 0.05) is 18.7 Å². The van der Waals surface area contributed by atoms with E-state index in [2.05, 4.69) is 10.4 Å². The number of aryl methyl sites for hydroxylation is 2. The number of nitrogens with zero attached hydrogens (tertiary/aromatic N) is 5. The fourth-order valence-electron chi connectivity index (χ4n) is 2.37. The maximum Gasteiger partial charge on any atom is 0.368 e. The molecular formula is C16H15N5O3. The van der Waals surface area contributed by atoms with Gasteiger partial charge in [0.05, 0.1) is 10.6 Å². The normalized spacial score (nSPS) is 10.7. The molecule has 122 valence electrons. The Bertz CT molecular complexity index is 884. The molecule has 0 radical (unpaired) electrons. The van der Waals surface area contributed by atoms with Crippen LogP contribution in [-0.4, -0.2) is 24.7 Å². The first-order valence-corrected chi connectivity index (χ1v) is 7.47. The Morgan fingerprint density at radius 1 is 1.00 bits per heavy atom. The molecule has 0 bridgehead atoms. The Hall–Kier alpha value is -3.29. The van der Waals surface area contributed by atoms with Gasteiger partial charge in [-0.1, -0.05) is 30.3 Å². The Labute approximate surface area is 137 Å². The van der Waals surface area contributed by atoms with Gasteiger partial charge in [0.1, 0.15) is 0 Å². The van der Waals surface area contributed by atoms with Gasteiger partial charge in [0.25, 0.3) is 5.69 Å². The molecule has 1 heterocycles. The molecule has 2 aromatic carbocycles. The Kier molecular flexibility index (Phi) is 4.46. The van der Waals surface area contributed by atoms with E-state index in [1.165, 1.54) is 34.5 Å². The fourth-order valence-corrected chi connectivity index (χ4v) is 2.37. The van der Waals surface area contributed by atoms with Gasteiger partial charge in [-0.2, -0.15) is 9.36 Å². The molecule has 0 atom stereocenters. The minimum atomic E-state index is -0.493. The molecule has 0 unspecified atom stereocenters. The van der Waals surface area contributed by atoms with E-state index < -0.39 is 4.92 Å². The molecule has 0 N–H and O–H groups in total. The molecule has 1 aromatic heterocycles. The van der Waals surface area contributed by atoms with Crippen LogP contribution in [0.4, 0.5) is 5.69 Å². The van der Waals surface area contributed by atoms with Crippen LogP contribution >= 0.6 is 0 Å². The molecule has 0 amide bonds. The smallest absolute Gasteiger partial charge is 0.258 e. The number of non-ortho nitro benzene ring substituents is 1. The second kappa shape index (κ2) is 6.86. The van der Waals surface area contributed by atoms with Crippen LogP contribution < -0.4 is 5.69 Å². The third kappa shape index (κ3) is 3.37. The van der Waals surface area contributed by atoms with Crippen molar-refractivity contribution in [1.29, 1.82) is 0 Å². The van der Waals surface area contributed by atoms with Gasteiger partial charge in [0.15, 0.2) is 0 Å². The molecule has 0 aliphatic heterocycles. The summed E-state index contributed by atoms with van der Waals surface area (Å²) in [5, 5.41) is 18.4. The van der Waals surface area contributed by atoms with E-state index in [0.29, 0.717) is 12.2 Å². The zero-order chi connectivity index (χ0) is 16.9. The maximum absolute atomic E-state index is 12.3. The quantitative estimate of drug-likeness (QED) is 0.510. The van der Waals surface area contributed by atoms with Crippen molar-refractivity contribution in [2.45, 2.75) is 19.4 Å². The predicted molar refractivity (Wildman–Crippen MR) is 87.0 cm³/mol. The van der Waals surface area contributed by atoms with Crippen molar-refractivity contribution < 1.29 is 4.92 Å². The highest BCUT2D eigenvalue weighted by Crippen LogP contribution is 2.13. The van der Waals surface area contributed by atoms with Crippen molar-refractivity contribution in [2.24, 2.45) is 0 Å². The minimum absolute atomic E-state index is 0.0398. The summed E-state index contributed by atoms with van der Waals surface area (Å²) in [4.78, 5) is 22.5. The number of aromatic nitrogens is 4. The molecule has 0 saturated carbocycles. The van der Waals surface area contributed by atoms with E-state index >= 15 is 0 Å². The molecule has 0 saturated heterocycles. The molecule has 0 aliphatic carbocycles. The second-order valence-corrected chi connectivity index (χ2v) is 5.26. The monoisotopic (exact) mass is 325 g/mol. The summed E-state index contributed by atoms with van der Waals surface area (Å²) in [5.41, 5.74) is 1.24. The highest BCUT2D eigenvalue weighted by molar-refractivity contribution is 5.39. The highest BCUT2D eigenvalue weighted by atomic mass is 16.6. The molecule has 0 aliphatic rings.